The second-order valence-electron chi connectivity index (χ2n) is 5.95. The smallest absolute Gasteiger partial charge is 0.134 e. The highest BCUT2D eigenvalue weighted by Gasteiger charge is 2.19. The number of nitrogens with zero attached hydrogens (tertiary/aromatic N) is 4. The fraction of sp³-hybridized carbons (Fsp3) is 0.733. The molecule has 1 aromatic heterocycles. The van der Waals surface area contributed by atoms with Crippen LogP contribution in [0.5, 0.6) is 0 Å². The maximum atomic E-state index is 4.47. The molecule has 0 amide bonds. The van der Waals surface area contributed by atoms with Gasteiger partial charge < -0.3 is 9.80 Å². The van der Waals surface area contributed by atoms with Crippen LogP contribution in [0.15, 0.2) is 12.4 Å². The lowest BCUT2D eigenvalue weighted by atomic mass is 9.99. The topological polar surface area (TPSA) is 32.3 Å². The molecule has 0 aromatic carbocycles. The third-order valence-corrected chi connectivity index (χ3v) is 4.43. The van der Waals surface area contributed by atoms with E-state index in [0.29, 0.717) is 0 Å². The fourth-order valence-corrected chi connectivity index (χ4v) is 3.04. The van der Waals surface area contributed by atoms with Crippen LogP contribution in [-0.2, 0) is 0 Å². The standard InChI is InChI=1S/C15H24N4/c1-13-5-9-19(10-6-13)15-11-14(16-12-17-15)18-7-3-2-4-8-18/h11-13H,2-10H2,1H3. The molecule has 0 atom stereocenters. The van der Waals surface area contributed by atoms with Crippen molar-refractivity contribution in [3.63, 3.8) is 0 Å². The lowest BCUT2D eigenvalue weighted by molar-refractivity contribution is 0.436. The number of piperidine rings is 2. The number of hydrogen-bond acceptors (Lipinski definition) is 4. The molecule has 3 heterocycles. The van der Waals surface area contributed by atoms with Crippen molar-refractivity contribution in [3.8, 4) is 0 Å². The Kier molecular flexibility index (Phi) is 3.85. The van der Waals surface area contributed by atoms with Crippen LogP contribution in [0, 0.1) is 5.92 Å². The molecule has 4 heteroatoms. The van der Waals surface area contributed by atoms with E-state index in [-0.39, 0.29) is 0 Å². The van der Waals surface area contributed by atoms with Gasteiger partial charge in [0, 0.05) is 32.2 Å². The van der Waals surface area contributed by atoms with Gasteiger partial charge in [-0.05, 0) is 38.0 Å². The molecule has 0 bridgehead atoms. The first-order valence-electron chi connectivity index (χ1n) is 7.65. The fourth-order valence-electron chi connectivity index (χ4n) is 3.04. The molecule has 3 rings (SSSR count). The Labute approximate surface area is 115 Å². The second kappa shape index (κ2) is 5.76. The molecule has 0 N–H and O–H groups in total. The molecule has 1 aromatic rings. The molecule has 0 radical (unpaired) electrons. The molecule has 0 spiro atoms. The Hall–Kier alpha value is -1.32. The van der Waals surface area contributed by atoms with E-state index in [4.69, 9.17) is 0 Å². The highest BCUT2D eigenvalue weighted by Crippen LogP contribution is 2.24. The van der Waals surface area contributed by atoms with Gasteiger partial charge in [-0.2, -0.15) is 0 Å². The highest BCUT2D eigenvalue weighted by molar-refractivity contribution is 5.50. The molecule has 0 unspecified atom stereocenters. The first-order chi connectivity index (χ1) is 9.33. The van der Waals surface area contributed by atoms with E-state index in [1.165, 1.54) is 32.1 Å². The number of anilines is 2. The summed E-state index contributed by atoms with van der Waals surface area (Å²) in [4.78, 5) is 13.7. The summed E-state index contributed by atoms with van der Waals surface area (Å²) in [6.07, 6.45) is 8.24. The monoisotopic (exact) mass is 260 g/mol. The van der Waals surface area contributed by atoms with E-state index in [1.807, 2.05) is 0 Å². The van der Waals surface area contributed by atoms with Gasteiger partial charge in [-0.25, -0.2) is 9.97 Å². The normalized spacial score (nSPS) is 21.7. The van der Waals surface area contributed by atoms with Gasteiger partial charge in [0.15, 0.2) is 0 Å². The van der Waals surface area contributed by atoms with Gasteiger partial charge in [0.25, 0.3) is 0 Å². The summed E-state index contributed by atoms with van der Waals surface area (Å²) in [5, 5.41) is 0. The lowest BCUT2D eigenvalue weighted by Gasteiger charge is -2.32. The van der Waals surface area contributed by atoms with Crippen LogP contribution in [0.25, 0.3) is 0 Å². The van der Waals surface area contributed by atoms with Gasteiger partial charge in [0.1, 0.15) is 18.0 Å². The molecule has 2 saturated heterocycles. The third-order valence-electron chi connectivity index (χ3n) is 4.43. The zero-order valence-electron chi connectivity index (χ0n) is 11.9. The van der Waals surface area contributed by atoms with Crippen LogP contribution in [-0.4, -0.2) is 36.1 Å². The summed E-state index contributed by atoms with van der Waals surface area (Å²) in [5.74, 6) is 3.09. The van der Waals surface area contributed by atoms with Gasteiger partial charge in [-0.1, -0.05) is 6.92 Å². The van der Waals surface area contributed by atoms with E-state index < -0.39 is 0 Å². The van der Waals surface area contributed by atoms with Crippen LogP contribution in [0.3, 0.4) is 0 Å². The molecular formula is C15H24N4. The Balaban J connectivity index is 1.72. The van der Waals surface area contributed by atoms with Gasteiger partial charge in [-0.15, -0.1) is 0 Å². The molecule has 19 heavy (non-hydrogen) atoms. The van der Waals surface area contributed by atoms with Crippen LogP contribution >= 0.6 is 0 Å². The Morgan fingerprint density at radius 1 is 0.895 bits per heavy atom. The van der Waals surface area contributed by atoms with Gasteiger partial charge >= 0.3 is 0 Å². The van der Waals surface area contributed by atoms with Crippen LogP contribution < -0.4 is 9.80 Å². The SMILES string of the molecule is CC1CCN(c2cc(N3CCCCC3)ncn2)CC1. The van der Waals surface area contributed by atoms with E-state index in [0.717, 1.165) is 43.7 Å². The van der Waals surface area contributed by atoms with Crippen molar-refractivity contribution < 1.29 is 0 Å². The largest absolute Gasteiger partial charge is 0.356 e. The van der Waals surface area contributed by atoms with E-state index >= 15 is 0 Å². The molecule has 2 aliphatic heterocycles. The van der Waals surface area contributed by atoms with E-state index in [2.05, 4.69) is 32.8 Å². The molecule has 104 valence electrons. The van der Waals surface area contributed by atoms with Crippen molar-refractivity contribution >= 4 is 11.6 Å². The maximum absolute atomic E-state index is 4.47. The quantitative estimate of drug-likeness (QED) is 0.818. The number of hydrogen-bond donors (Lipinski definition) is 0. The summed E-state index contributed by atoms with van der Waals surface area (Å²) in [5.41, 5.74) is 0. The van der Waals surface area contributed by atoms with Crippen molar-refractivity contribution in [1.29, 1.82) is 0 Å². The second-order valence-corrected chi connectivity index (χ2v) is 5.95. The Morgan fingerprint density at radius 2 is 1.47 bits per heavy atom. The molecule has 0 aliphatic carbocycles. The van der Waals surface area contributed by atoms with Crippen LogP contribution in [0.1, 0.15) is 39.0 Å². The van der Waals surface area contributed by atoms with E-state index in [9.17, 15) is 0 Å². The van der Waals surface area contributed by atoms with E-state index in [1.54, 1.807) is 6.33 Å². The van der Waals surface area contributed by atoms with Crippen molar-refractivity contribution in [2.75, 3.05) is 36.0 Å². The average molecular weight is 260 g/mol. The first-order valence-corrected chi connectivity index (χ1v) is 7.65. The summed E-state index contributed by atoms with van der Waals surface area (Å²) in [6, 6.07) is 2.18. The van der Waals surface area contributed by atoms with Gasteiger partial charge in [0.05, 0.1) is 0 Å². The zero-order chi connectivity index (χ0) is 13.1. The minimum atomic E-state index is 0.861. The molecule has 2 aliphatic rings. The predicted molar refractivity (Wildman–Crippen MR) is 78.7 cm³/mol. The van der Waals surface area contributed by atoms with Gasteiger partial charge in [0.2, 0.25) is 0 Å². The Morgan fingerprint density at radius 3 is 2.11 bits per heavy atom. The predicted octanol–water partition coefficient (Wildman–Crippen LogP) is 2.70. The summed E-state index contributed by atoms with van der Waals surface area (Å²) in [7, 11) is 0. The van der Waals surface area contributed by atoms with Crippen molar-refractivity contribution in [1.82, 2.24) is 9.97 Å². The van der Waals surface area contributed by atoms with Crippen LogP contribution in [0.2, 0.25) is 0 Å². The van der Waals surface area contributed by atoms with Crippen LogP contribution in [0.4, 0.5) is 11.6 Å². The zero-order valence-corrected chi connectivity index (χ0v) is 11.9. The number of aromatic nitrogens is 2. The Bertz CT molecular complexity index is 406. The molecular weight excluding hydrogens is 236 g/mol. The van der Waals surface area contributed by atoms with Crippen molar-refractivity contribution in [2.45, 2.75) is 39.0 Å². The number of rotatable bonds is 2. The minimum Gasteiger partial charge on any atom is -0.356 e. The van der Waals surface area contributed by atoms with Crippen molar-refractivity contribution in [3.05, 3.63) is 12.4 Å². The maximum Gasteiger partial charge on any atom is 0.134 e. The lowest BCUT2D eigenvalue weighted by Crippen LogP contribution is -2.34. The third kappa shape index (κ3) is 2.99. The minimum absolute atomic E-state index is 0.861. The molecule has 2 fully saturated rings. The average Bonchev–Trinajstić information content (AvgIpc) is 2.49. The first kappa shape index (κ1) is 12.7. The summed E-state index contributed by atoms with van der Waals surface area (Å²) >= 11 is 0. The molecule has 0 saturated carbocycles. The molecule has 4 nitrogen and oxygen atoms in total. The van der Waals surface area contributed by atoms with Crippen molar-refractivity contribution in [2.24, 2.45) is 5.92 Å². The highest BCUT2D eigenvalue weighted by atomic mass is 15.2. The summed E-state index contributed by atoms with van der Waals surface area (Å²) < 4.78 is 0. The van der Waals surface area contributed by atoms with Gasteiger partial charge in [-0.3, -0.25) is 0 Å². The summed E-state index contributed by atoms with van der Waals surface area (Å²) in [6.45, 7) is 6.91.